The number of nitriles is 1. The third kappa shape index (κ3) is 2.39. The molecule has 1 unspecified atom stereocenters. The average Bonchev–Trinajstić information content (AvgIpc) is 2.85. The predicted molar refractivity (Wildman–Crippen MR) is 73.7 cm³/mol. The van der Waals surface area contributed by atoms with Gasteiger partial charge in [-0.3, -0.25) is 4.68 Å². The lowest BCUT2D eigenvalue weighted by atomic mass is 9.85. The molecule has 3 rings (SSSR count). The van der Waals surface area contributed by atoms with Gasteiger partial charge in [-0.1, -0.05) is 30.3 Å². The monoisotopic (exact) mass is 251 g/mol. The molecular weight excluding hydrogens is 234 g/mol. The molecule has 0 N–H and O–H groups in total. The lowest BCUT2D eigenvalue weighted by molar-refractivity contribution is 0.532. The molecule has 3 nitrogen and oxygen atoms in total. The van der Waals surface area contributed by atoms with E-state index in [4.69, 9.17) is 5.26 Å². The molecule has 19 heavy (non-hydrogen) atoms. The first-order valence-corrected chi connectivity index (χ1v) is 6.84. The smallest absolute Gasteiger partial charge is 0.0662 e. The van der Waals surface area contributed by atoms with E-state index in [1.807, 2.05) is 12.3 Å². The molecule has 2 aromatic rings. The normalized spacial score (nSPS) is 17.7. The molecule has 0 spiro atoms. The first kappa shape index (κ1) is 12.0. The molecule has 0 amide bonds. The van der Waals surface area contributed by atoms with Crippen LogP contribution in [0.2, 0.25) is 0 Å². The van der Waals surface area contributed by atoms with Gasteiger partial charge in [-0.15, -0.1) is 0 Å². The van der Waals surface area contributed by atoms with Crippen molar-refractivity contribution in [2.75, 3.05) is 0 Å². The highest BCUT2D eigenvalue weighted by atomic mass is 15.3. The van der Waals surface area contributed by atoms with E-state index in [0.29, 0.717) is 12.3 Å². The Labute approximate surface area is 113 Å². The van der Waals surface area contributed by atoms with Crippen LogP contribution >= 0.6 is 0 Å². The largest absolute Gasteiger partial charge is 0.265 e. The number of rotatable bonds is 3. The fraction of sp³-hybridized carbons (Fsp3) is 0.375. The molecule has 1 aromatic heterocycles. The maximum absolute atomic E-state index is 8.91. The molecule has 1 aliphatic carbocycles. The zero-order valence-corrected chi connectivity index (χ0v) is 10.9. The van der Waals surface area contributed by atoms with Crippen molar-refractivity contribution in [3.63, 3.8) is 0 Å². The first-order chi connectivity index (χ1) is 9.38. The Morgan fingerprint density at radius 1 is 1.32 bits per heavy atom. The molecule has 1 aromatic carbocycles. The minimum atomic E-state index is 0.387. The van der Waals surface area contributed by atoms with Gasteiger partial charge in [0, 0.05) is 18.0 Å². The van der Waals surface area contributed by atoms with Crippen LogP contribution in [0.25, 0.3) is 0 Å². The molecule has 0 aliphatic heterocycles. The van der Waals surface area contributed by atoms with Crippen LogP contribution < -0.4 is 0 Å². The number of nitrogens with zero attached hydrogens (tertiary/aromatic N) is 3. The Morgan fingerprint density at radius 3 is 2.95 bits per heavy atom. The summed E-state index contributed by atoms with van der Waals surface area (Å²) in [6.45, 7) is 0.829. The van der Waals surface area contributed by atoms with Gasteiger partial charge in [0.15, 0.2) is 0 Å². The third-order valence-electron chi connectivity index (χ3n) is 3.90. The van der Waals surface area contributed by atoms with Crippen LogP contribution in [0.5, 0.6) is 0 Å². The fourth-order valence-corrected chi connectivity index (χ4v) is 2.93. The van der Waals surface area contributed by atoms with E-state index in [1.165, 1.54) is 23.2 Å². The van der Waals surface area contributed by atoms with Crippen molar-refractivity contribution in [2.24, 2.45) is 0 Å². The Bertz CT molecular complexity index is 592. The highest BCUT2D eigenvalue weighted by molar-refractivity contribution is 5.27. The van der Waals surface area contributed by atoms with Crippen LogP contribution in [-0.2, 0) is 13.0 Å². The van der Waals surface area contributed by atoms with Crippen LogP contribution in [0.3, 0.4) is 0 Å². The molecule has 0 saturated carbocycles. The Balaban J connectivity index is 1.87. The van der Waals surface area contributed by atoms with Gasteiger partial charge in [0.05, 0.1) is 18.8 Å². The SMILES string of the molecule is N#CCC1CCCc2c1cnn2Cc1ccccc1. The fourth-order valence-electron chi connectivity index (χ4n) is 2.93. The van der Waals surface area contributed by atoms with Gasteiger partial charge in [-0.2, -0.15) is 10.4 Å². The Hall–Kier alpha value is -2.08. The topological polar surface area (TPSA) is 41.6 Å². The van der Waals surface area contributed by atoms with Gasteiger partial charge in [-0.25, -0.2) is 0 Å². The van der Waals surface area contributed by atoms with E-state index in [1.54, 1.807) is 0 Å². The van der Waals surface area contributed by atoms with Crippen molar-refractivity contribution in [3.8, 4) is 6.07 Å². The van der Waals surface area contributed by atoms with Gasteiger partial charge in [0.2, 0.25) is 0 Å². The summed E-state index contributed by atoms with van der Waals surface area (Å²) in [7, 11) is 0. The van der Waals surface area contributed by atoms with Crippen LogP contribution in [0, 0.1) is 11.3 Å². The molecule has 1 heterocycles. The van der Waals surface area contributed by atoms with Gasteiger partial charge in [-0.05, 0) is 30.4 Å². The highest BCUT2D eigenvalue weighted by Gasteiger charge is 2.23. The van der Waals surface area contributed by atoms with E-state index in [0.717, 1.165) is 19.4 Å². The number of aromatic nitrogens is 2. The molecule has 0 saturated heterocycles. The summed E-state index contributed by atoms with van der Waals surface area (Å²) >= 11 is 0. The third-order valence-corrected chi connectivity index (χ3v) is 3.90. The van der Waals surface area contributed by atoms with Gasteiger partial charge < -0.3 is 0 Å². The van der Waals surface area contributed by atoms with Gasteiger partial charge in [0.25, 0.3) is 0 Å². The Morgan fingerprint density at radius 2 is 2.16 bits per heavy atom. The maximum atomic E-state index is 8.91. The Kier molecular flexibility index (Phi) is 3.33. The summed E-state index contributed by atoms with van der Waals surface area (Å²) in [5.74, 6) is 0.387. The van der Waals surface area contributed by atoms with Gasteiger partial charge >= 0.3 is 0 Å². The molecule has 1 aliphatic rings. The maximum Gasteiger partial charge on any atom is 0.0662 e. The summed E-state index contributed by atoms with van der Waals surface area (Å²) in [6.07, 6.45) is 5.96. The summed E-state index contributed by atoms with van der Waals surface area (Å²) in [5.41, 5.74) is 3.90. The second kappa shape index (κ2) is 5.27. The van der Waals surface area contributed by atoms with Crippen molar-refractivity contribution in [2.45, 2.75) is 38.1 Å². The lowest BCUT2D eigenvalue weighted by Crippen LogP contribution is -2.13. The van der Waals surface area contributed by atoms with Crippen molar-refractivity contribution >= 4 is 0 Å². The summed E-state index contributed by atoms with van der Waals surface area (Å²) in [6, 6.07) is 12.7. The molecule has 0 bridgehead atoms. The van der Waals surface area contributed by atoms with Crippen LogP contribution in [0.15, 0.2) is 36.5 Å². The van der Waals surface area contributed by atoms with Crippen molar-refractivity contribution in [3.05, 3.63) is 53.3 Å². The molecule has 96 valence electrons. The van der Waals surface area contributed by atoms with Crippen LogP contribution in [0.4, 0.5) is 0 Å². The minimum absolute atomic E-state index is 0.387. The molecular formula is C16H17N3. The minimum Gasteiger partial charge on any atom is -0.265 e. The van der Waals surface area contributed by atoms with Crippen molar-refractivity contribution < 1.29 is 0 Å². The number of hydrogen-bond donors (Lipinski definition) is 0. The van der Waals surface area contributed by atoms with Crippen LogP contribution in [-0.4, -0.2) is 9.78 Å². The van der Waals surface area contributed by atoms with Gasteiger partial charge in [0.1, 0.15) is 0 Å². The van der Waals surface area contributed by atoms with E-state index in [9.17, 15) is 0 Å². The predicted octanol–water partition coefficient (Wildman–Crippen LogP) is 3.26. The van der Waals surface area contributed by atoms with E-state index in [-0.39, 0.29) is 0 Å². The number of fused-ring (bicyclic) bond motifs is 1. The zero-order chi connectivity index (χ0) is 13.1. The second-order valence-corrected chi connectivity index (χ2v) is 5.14. The first-order valence-electron chi connectivity index (χ1n) is 6.84. The quantitative estimate of drug-likeness (QED) is 0.840. The summed E-state index contributed by atoms with van der Waals surface area (Å²) in [5, 5.41) is 13.4. The van der Waals surface area contributed by atoms with E-state index >= 15 is 0 Å². The van der Waals surface area contributed by atoms with Crippen molar-refractivity contribution in [1.29, 1.82) is 5.26 Å². The highest BCUT2D eigenvalue weighted by Crippen LogP contribution is 2.33. The van der Waals surface area contributed by atoms with E-state index < -0.39 is 0 Å². The van der Waals surface area contributed by atoms with E-state index in [2.05, 4.69) is 40.1 Å². The standard InChI is InChI=1S/C16H17N3/c17-10-9-14-7-4-8-16-15(14)11-18-19(16)12-13-5-2-1-3-6-13/h1-3,5-6,11,14H,4,7-9,12H2. The van der Waals surface area contributed by atoms with Crippen LogP contribution in [0.1, 0.15) is 42.0 Å². The molecule has 1 atom stereocenters. The zero-order valence-electron chi connectivity index (χ0n) is 10.9. The molecule has 0 radical (unpaired) electrons. The number of hydrogen-bond acceptors (Lipinski definition) is 2. The number of benzene rings is 1. The average molecular weight is 251 g/mol. The lowest BCUT2D eigenvalue weighted by Gasteiger charge is -2.21. The summed E-state index contributed by atoms with van der Waals surface area (Å²) in [4.78, 5) is 0. The van der Waals surface area contributed by atoms with Crippen molar-refractivity contribution in [1.82, 2.24) is 9.78 Å². The molecule has 0 fully saturated rings. The summed E-state index contributed by atoms with van der Waals surface area (Å²) < 4.78 is 2.11. The second-order valence-electron chi connectivity index (χ2n) is 5.14. The molecule has 3 heteroatoms.